The Labute approximate surface area is 144 Å². The number of hydrogen-bond donors (Lipinski definition) is 0. The Kier molecular flexibility index (Phi) is 5.66. The molecule has 2 aromatic rings. The highest BCUT2D eigenvalue weighted by molar-refractivity contribution is 5.69. The van der Waals surface area contributed by atoms with E-state index < -0.39 is 6.16 Å². The first kappa shape index (κ1) is 18.1. The minimum Gasteiger partial charge on any atom is -0.394 e. The fourth-order valence-electron chi connectivity index (χ4n) is 3.21. The van der Waals surface area contributed by atoms with Crippen LogP contribution in [0.3, 0.4) is 0 Å². The van der Waals surface area contributed by atoms with Crippen LogP contribution in [0.25, 0.3) is 0 Å². The number of carbonyl (C=O) groups is 1. The van der Waals surface area contributed by atoms with Crippen molar-refractivity contribution in [3.05, 3.63) is 57.6 Å². The van der Waals surface area contributed by atoms with Gasteiger partial charge >= 0.3 is 6.16 Å². The van der Waals surface area contributed by atoms with E-state index in [-0.39, 0.29) is 0 Å². The molecular weight excluding hydrogens is 300 g/mol. The maximum Gasteiger partial charge on any atom is 0.519 e. The summed E-state index contributed by atoms with van der Waals surface area (Å²) in [5, 5.41) is 0. The van der Waals surface area contributed by atoms with Crippen LogP contribution in [0.5, 0.6) is 11.5 Å². The van der Waals surface area contributed by atoms with E-state index in [1.807, 2.05) is 39.8 Å². The van der Waals surface area contributed by atoms with E-state index >= 15 is 0 Å². The van der Waals surface area contributed by atoms with Gasteiger partial charge < -0.3 is 9.47 Å². The van der Waals surface area contributed by atoms with E-state index in [1.54, 1.807) is 0 Å². The first-order chi connectivity index (χ1) is 11.3. The molecule has 3 nitrogen and oxygen atoms in total. The molecule has 24 heavy (non-hydrogen) atoms. The minimum atomic E-state index is -0.686. The second-order valence-electron chi connectivity index (χ2n) is 6.28. The first-order valence-corrected chi connectivity index (χ1v) is 8.45. The molecule has 0 fully saturated rings. The second-order valence-corrected chi connectivity index (χ2v) is 6.28. The van der Waals surface area contributed by atoms with Crippen molar-refractivity contribution in [3.8, 4) is 11.5 Å². The number of hydrogen-bond acceptors (Lipinski definition) is 3. The number of rotatable bonds is 4. The van der Waals surface area contributed by atoms with E-state index in [9.17, 15) is 4.79 Å². The Hall–Kier alpha value is -2.29. The molecule has 3 heteroatoms. The average Bonchev–Trinajstić information content (AvgIpc) is 2.46. The van der Waals surface area contributed by atoms with Crippen molar-refractivity contribution in [2.45, 2.75) is 54.4 Å². The zero-order valence-electron chi connectivity index (χ0n) is 15.4. The summed E-state index contributed by atoms with van der Waals surface area (Å²) in [6.07, 6.45) is 0.922. The third-order valence-electron chi connectivity index (χ3n) is 4.25. The van der Waals surface area contributed by atoms with Gasteiger partial charge in [0.25, 0.3) is 0 Å². The molecule has 0 aromatic heterocycles. The summed E-state index contributed by atoms with van der Waals surface area (Å²) in [6.45, 7) is 12.1. The number of carbonyl (C=O) groups excluding carboxylic acids is 1. The van der Waals surface area contributed by atoms with E-state index in [0.29, 0.717) is 11.5 Å². The predicted molar refractivity (Wildman–Crippen MR) is 97.2 cm³/mol. The van der Waals surface area contributed by atoms with Gasteiger partial charge in [-0.05, 0) is 86.1 Å². The fraction of sp³-hybridized carbons (Fsp3) is 0.381. The van der Waals surface area contributed by atoms with Crippen molar-refractivity contribution < 1.29 is 14.3 Å². The maximum atomic E-state index is 12.3. The molecule has 0 saturated heterocycles. The van der Waals surface area contributed by atoms with Crippen LogP contribution in [0.15, 0.2) is 24.3 Å². The highest BCUT2D eigenvalue weighted by Gasteiger charge is 2.16. The lowest BCUT2D eigenvalue weighted by molar-refractivity contribution is 0.151. The van der Waals surface area contributed by atoms with Crippen LogP contribution >= 0.6 is 0 Å². The Morgan fingerprint density at radius 2 is 1.12 bits per heavy atom. The molecule has 0 atom stereocenters. The van der Waals surface area contributed by atoms with Crippen molar-refractivity contribution >= 4 is 6.16 Å². The van der Waals surface area contributed by atoms with Gasteiger partial charge in [0, 0.05) is 0 Å². The van der Waals surface area contributed by atoms with Gasteiger partial charge in [-0.1, -0.05) is 26.0 Å². The smallest absolute Gasteiger partial charge is 0.394 e. The van der Waals surface area contributed by atoms with Gasteiger partial charge in [0.15, 0.2) is 0 Å². The quantitative estimate of drug-likeness (QED) is 0.540. The standard InChI is InChI=1S/C21H26O3/c1-7-17-15(5)9-13(3)11-19(17)23-21(22)24-20-12-14(4)10-16(6)18(20)8-2/h9-12H,7-8H2,1-6H3. The highest BCUT2D eigenvalue weighted by Crippen LogP contribution is 2.28. The van der Waals surface area contributed by atoms with Gasteiger partial charge in [-0.25, -0.2) is 4.79 Å². The van der Waals surface area contributed by atoms with Crippen molar-refractivity contribution in [3.63, 3.8) is 0 Å². The molecular formula is C21H26O3. The number of aryl methyl sites for hydroxylation is 4. The Balaban J connectivity index is 2.27. The average molecular weight is 326 g/mol. The molecule has 2 aromatic carbocycles. The summed E-state index contributed by atoms with van der Waals surface area (Å²) in [7, 11) is 0. The van der Waals surface area contributed by atoms with Gasteiger partial charge in [0.2, 0.25) is 0 Å². The summed E-state index contributed by atoms with van der Waals surface area (Å²) < 4.78 is 11.0. The fourth-order valence-corrected chi connectivity index (χ4v) is 3.21. The maximum absolute atomic E-state index is 12.3. The Morgan fingerprint density at radius 1 is 0.750 bits per heavy atom. The molecule has 0 bridgehead atoms. The van der Waals surface area contributed by atoms with Crippen LogP contribution in [0.2, 0.25) is 0 Å². The topological polar surface area (TPSA) is 35.5 Å². The molecule has 0 radical (unpaired) electrons. The van der Waals surface area contributed by atoms with Crippen molar-refractivity contribution in [1.82, 2.24) is 0 Å². The molecule has 0 aliphatic heterocycles. The summed E-state index contributed by atoms with van der Waals surface area (Å²) in [5.41, 5.74) is 6.45. The Bertz CT molecular complexity index is 697. The molecule has 2 rings (SSSR count). The molecule has 0 heterocycles. The van der Waals surface area contributed by atoms with E-state index in [2.05, 4.69) is 26.0 Å². The van der Waals surface area contributed by atoms with Crippen LogP contribution in [0.4, 0.5) is 4.79 Å². The lowest BCUT2D eigenvalue weighted by atomic mass is 10.0. The summed E-state index contributed by atoms with van der Waals surface area (Å²) in [4.78, 5) is 12.3. The summed E-state index contributed by atoms with van der Waals surface area (Å²) in [5.74, 6) is 1.17. The van der Waals surface area contributed by atoms with Gasteiger partial charge in [-0.2, -0.15) is 0 Å². The van der Waals surface area contributed by atoms with Gasteiger partial charge in [0.1, 0.15) is 11.5 Å². The summed E-state index contributed by atoms with van der Waals surface area (Å²) >= 11 is 0. The second kappa shape index (κ2) is 7.52. The minimum absolute atomic E-state index is 0.586. The first-order valence-electron chi connectivity index (χ1n) is 8.45. The van der Waals surface area contributed by atoms with Gasteiger partial charge in [0.05, 0.1) is 0 Å². The lowest BCUT2D eigenvalue weighted by Crippen LogP contribution is -2.16. The molecule has 0 aliphatic rings. The van der Waals surface area contributed by atoms with Crippen LogP contribution in [0, 0.1) is 27.7 Å². The van der Waals surface area contributed by atoms with E-state index in [0.717, 1.165) is 46.2 Å². The third kappa shape index (κ3) is 3.97. The van der Waals surface area contributed by atoms with Crippen LogP contribution in [0.1, 0.15) is 47.2 Å². The molecule has 0 aliphatic carbocycles. The number of ether oxygens (including phenoxy) is 2. The normalized spacial score (nSPS) is 10.6. The highest BCUT2D eigenvalue weighted by atomic mass is 16.7. The molecule has 128 valence electrons. The van der Waals surface area contributed by atoms with E-state index in [4.69, 9.17) is 9.47 Å². The van der Waals surface area contributed by atoms with Crippen molar-refractivity contribution in [2.75, 3.05) is 0 Å². The third-order valence-corrected chi connectivity index (χ3v) is 4.25. The molecule has 0 amide bonds. The van der Waals surface area contributed by atoms with Crippen LogP contribution in [-0.2, 0) is 12.8 Å². The van der Waals surface area contributed by atoms with E-state index in [1.165, 1.54) is 0 Å². The molecule has 0 saturated carbocycles. The monoisotopic (exact) mass is 326 g/mol. The van der Waals surface area contributed by atoms with Gasteiger partial charge in [-0.15, -0.1) is 0 Å². The molecule has 0 spiro atoms. The van der Waals surface area contributed by atoms with Crippen molar-refractivity contribution in [2.24, 2.45) is 0 Å². The molecule has 0 unspecified atom stereocenters. The zero-order chi connectivity index (χ0) is 17.9. The van der Waals surface area contributed by atoms with Crippen molar-refractivity contribution in [1.29, 1.82) is 0 Å². The lowest BCUT2D eigenvalue weighted by Gasteiger charge is -2.15. The number of benzene rings is 2. The summed E-state index contributed by atoms with van der Waals surface area (Å²) in [6, 6.07) is 7.96. The zero-order valence-corrected chi connectivity index (χ0v) is 15.4. The van der Waals surface area contributed by atoms with Crippen LogP contribution in [-0.4, -0.2) is 6.16 Å². The predicted octanol–water partition coefficient (Wildman–Crippen LogP) is 5.62. The van der Waals surface area contributed by atoms with Crippen LogP contribution < -0.4 is 9.47 Å². The Morgan fingerprint density at radius 3 is 1.46 bits per heavy atom. The SMILES string of the molecule is CCc1c(C)cc(C)cc1OC(=O)Oc1cc(C)cc(C)c1CC. The molecule has 0 N–H and O–H groups in total. The largest absolute Gasteiger partial charge is 0.519 e. The van der Waals surface area contributed by atoms with Gasteiger partial charge in [-0.3, -0.25) is 0 Å².